The van der Waals surface area contributed by atoms with Gasteiger partial charge < -0.3 is 14.7 Å². The van der Waals surface area contributed by atoms with Gasteiger partial charge in [0, 0.05) is 24.7 Å². The smallest absolute Gasteiger partial charge is 0.254 e. The maximum atomic E-state index is 12.8. The summed E-state index contributed by atoms with van der Waals surface area (Å²) in [5, 5.41) is 9.93. The molecule has 0 radical (unpaired) electrons. The largest absolute Gasteiger partial charge is 0.508 e. The lowest BCUT2D eigenvalue weighted by Gasteiger charge is -2.41. The first-order chi connectivity index (χ1) is 11.2. The van der Waals surface area contributed by atoms with Crippen LogP contribution >= 0.6 is 0 Å². The summed E-state index contributed by atoms with van der Waals surface area (Å²) in [6, 6.07) is 4.95. The van der Waals surface area contributed by atoms with E-state index in [0.29, 0.717) is 35.7 Å². The van der Waals surface area contributed by atoms with Crippen LogP contribution in [0.2, 0.25) is 0 Å². The van der Waals surface area contributed by atoms with Gasteiger partial charge >= 0.3 is 0 Å². The van der Waals surface area contributed by atoms with Crippen molar-refractivity contribution < 1.29 is 14.6 Å². The van der Waals surface area contributed by atoms with Gasteiger partial charge in [0.1, 0.15) is 11.5 Å². The van der Waals surface area contributed by atoms with Gasteiger partial charge in [-0.3, -0.25) is 4.79 Å². The van der Waals surface area contributed by atoms with Crippen molar-refractivity contribution in [2.24, 2.45) is 17.8 Å². The minimum absolute atomic E-state index is 0.0359. The zero-order valence-electron chi connectivity index (χ0n) is 13.5. The molecule has 4 nitrogen and oxygen atoms in total. The zero-order chi connectivity index (χ0) is 15.8. The number of fused-ring (bicyclic) bond motifs is 2. The van der Waals surface area contributed by atoms with E-state index < -0.39 is 0 Å². The van der Waals surface area contributed by atoms with Gasteiger partial charge in [-0.05, 0) is 62.0 Å². The van der Waals surface area contributed by atoms with Crippen LogP contribution in [0.15, 0.2) is 18.2 Å². The molecule has 4 heteroatoms. The fraction of sp³-hybridized carbons (Fsp3) is 0.632. The van der Waals surface area contributed by atoms with Crippen LogP contribution < -0.4 is 4.74 Å². The number of nitrogens with zero attached hydrogens (tertiary/aromatic N) is 1. The van der Waals surface area contributed by atoms with Crippen LogP contribution in [0.5, 0.6) is 11.5 Å². The second kappa shape index (κ2) is 6.06. The molecular weight excluding hydrogens is 290 g/mol. The highest BCUT2D eigenvalue weighted by Gasteiger charge is 2.33. The fourth-order valence-electron chi connectivity index (χ4n) is 4.07. The first kappa shape index (κ1) is 14.9. The van der Waals surface area contributed by atoms with Crippen LogP contribution in [0.1, 0.15) is 48.9 Å². The number of carbonyl (C=O) groups excluding carboxylic acids is 1. The Morgan fingerprint density at radius 3 is 2.57 bits per heavy atom. The van der Waals surface area contributed by atoms with Crippen molar-refractivity contribution in [2.75, 3.05) is 19.7 Å². The average Bonchev–Trinajstić information content (AvgIpc) is 3.35. The van der Waals surface area contributed by atoms with Crippen LogP contribution in [-0.2, 0) is 0 Å². The molecule has 1 aromatic rings. The van der Waals surface area contributed by atoms with E-state index in [4.69, 9.17) is 4.74 Å². The van der Waals surface area contributed by atoms with Crippen molar-refractivity contribution in [3.8, 4) is 11.5 Å². The van der Waals surface area contributed by atoms with E-state index in [2.05, 4.69) is 0 Å². The summed E-state index contributed by atoms with van der Waals surface area (Å²) in [5.41, 5.74) is 0.552. The topological polar surface area (TPSA) is 49.8 Å². The van der Waals surface area contributed by atoms with Gasteiger partial charge in [-0.1, -0.05) is 6.42 Å². The monoisotopic (exact) mass is 315 g/mol. The standard InChI is InChI=1S/C19H25NO3/c21-17-7-16(8-18(9-17)23-12-13-4-5-13)19(22)20-10-14-2-1-3-15(6-14)11-20/h7-9,13-15,21H,1-6,10-12H2. The van der Waals surface area contributed by atoms with E-state index in [1.54, 1.807) is 18.2 Å². The van der Waals surface area contributed by atoms with Crippen LogP contribution in [-0.4, -0.2) is 35.6 Å². The summed E-state index contributed by atoms with van der Waals surface area (Å²) in [4.78, 5) is 14.8. The van der Waals surface area contributed by atoms with Crippen molar-refractivity contribution in [1.29, 1.82) is 0 Å². The predicted molar refractivity (Wildman–Crippen MR) is 87.7 cm³/mol. The third kappa shape index (κ3) is 3.46. The van der Waals surface area contributed by atoms with Gasteiger partial charge in [0.2, 0.25) is 0 Å². The second-order valence-electron chi connectivity index (χ2n) is 7.58. The molecule has 0 aromatic heterocycles. The highest BCUT2D eigenvalue weighted by atomic mass is 16.5. The Morgan fingerprint density at radius 1 is 1.13 bits per heavy atom. The van der Waals surface area contributed by atoms with Gasteiger partial charge in [0.25, 0.3) is 5.91 Å². The number of aromatic hydroxyl groups is 1. The van der Waals surface area contributed by atoms with Gasteiger partial charge in [0.05, 0.1) is 6.61 Å². The molecule has 2 atom stereocenters. The van der Waals surface area contributed by atoms with E-state index in [1.165, 1.54) is 38.5 Å². The SMILES string of the molecule is O=C(c1cc(O)cc(OCC2CC2)c1)N1CC2CCCC(C2)C1. The third-order valence-electron chi connectivity index (χ3n) is 5.46. The molecule has 1 heterocycles. The molecule has 1 N–H and O–H groups in total. The Kier molecular flexibility index (Phi) is 3.92. The Labute approximate surface area is 137 Å². The van der Waals surface area contributed by atoms with Crippen molar-refractivity contribution in [3.63, 3.8) is 0 Å². The maximum absolute atomic E-state index is 12.8. The second-order valence-corrected chi connectivity index (χ2v) is 7.58. The maximum Gasteiger partial charge on any atom is 0.254 e. The van der Waals surface area contributed by atoms with Crippen molar-refractivity contribution in [3.05, 3.63) is 23.8 Å². The molecule has 4 rings (SSSR count). The number of rotatable bonds is 4. The lowest BCUT2D eigenvalue weighted by atomic mass is 9.78. The first-order valence-electron chi connectivity index (χ1n) is 8.93. The molecule has 1 amide bonds. The van der Waals surface area contributed by atoms with Crippen molar-refractivity contribution in [1.82, 2.24) is 4.90 Å². The minimum Gasteiger partial charge on any atom is -0.508 e. The molecule has 2 unspecified atom stereocenters. The molecule has 1 aromatic carbocycles. The van der Waals surface area contributed by atoms with Gasteiger partial charge in [-0.25, -0.2) is 0 Å². The molecule has 2 saturated carbocycles. The summed E-state index contributed by atoms with van der Waals surface area (Å²) in [7, 11) is 0. The number of carbonyl (C=O) groups is 1. The quantitative estimate of drug-likeness (QED) is 0.926. The third-order valence-corrected chi connectivity index (χ3v) is 5.46. The Bertz CT molecular complexity index is 584. The Balaban J connectivity index is 1.48. The Morgan fingerprint density at radius 2 is 1.87 bits per heavy atom. The number of phenols is 1. The first-order valence-corrected chi connectivity index (χ1v) is 8.93. The van der Waals surface area contributed by atoms with E-state index in [-0.39, 0.29) is 11.7 Å². The van der Waals surface area contributed by atoms with Crippen molar-refractivity contribution in [2.45, 2.75) is 38.5 Å². The lowest BCUT2D eigenvalue weighted by molar-refractivity contribution is 0.0503. The summed E-state index contributed by atoms with van der Waals surface area (Å²) in [5.74, 6) is 2.73. The van der Waals surface area contributed by atoms with Gasteiger partial charge in [0.15, 0.2) is 0 Å². The summed E-state index contributed by atoms with van der Waals surface area (Å²) < 4.78 is 5.73. The van der Waals surface area contributed by atoms with Crippen LogP contribution in [0.4, 0.5) is 0 Å². The molecule has 1 saturated heterocycles. The molecule has 3 aliphatic rings. The number of hydrogen-bond donors (Lipinski definition) is 1. The Hall–Kier alpha value is -1.71. The zero-order valence-corrected chi connectivity index (χ0v) is 13.5. The van der Waals surface area contributed by atoms with Gasteiger partial charge in [-0.2, -0.15) is 0 Å². The predicted octanol–water partition coefficient (Wildman–Crippen LogP) is 3.44. The molecule has 124 valence electrons. The number of piperidine rings is 1. The number of amides is 1. The molecule has 2 aliphatic carbocycles. The highest BCUT2D eigenvalue weighted by Crippen LogP contribution is 2.35. The van der Waals surface area contributed by atoms with Crippen LogP contribution in [0, 0.1) is 17.8 Å². The molecule has 1 aliphatic heterocycles. The fourth-order valence-corrected chi connectivity index (χ4v) is 4.07. The van der Waals surface area contributed by atoms with Crippen molar-refractivity contribution >= 4 is 5.91 Å². The van der Waals surface area contributed by atoms with Gasteiger partial charge in [-0.15, -0.1) is 0 Å². The van der Waals surface area contributed by atoms with Crippen LogP contribution in [0.25, 0.3) is 0 Å². The number of hydrogen-bond acceptors (Lipinski definition) is 3. The van der Waals surface area contributed by atoms with E-state index >= 15 is 0 Å². The van der Waals surface area contributed by atoms with E-state index in [9.17, 15) is 9.90 Å². The molecular formula is C19H25NO3. The average molecular weight is 315 g/mol. The molecule has 0 spiro atoms. The number of likely N-dealkylation sites (tertiary alicyclic amines) is 1. The summed E-state index contributed by atoms with van der Waals surface area (Å²) in [6.45, 7) is 2.41. The molecule has 3 fully saturated rings. The summed E-state index contributed by atoms with van der Waals surface area (Å²) in [6.07, 6.45) is 7.52. The van der Waals surface area contributed by atoms with E-state index in [1.807, 2.05) is 4.90 Å². The highest BCUT2D eigenvalue weighted by molar-refractivity contribution is 5.95. The lowest BCUT2D eigenvalue weighted by Crippen LogP contribution is -2.45. The number of phenolic OH excluding ortho intramolecular Hbond substituents is 1. The normalized spacial score (nSPS) is 26.9. The number of benzene rings is 1. The minimum atomic E-state index is 0.0359. The molecule has 23 heavy (non-hydrogen) atoms. The number of ether oxygens (including phenoxy) is 1. The molecule has 2 bridgehead atoms. The van der Waals surface area contributed by atoms with E-state index in [0.717, 1.165) is 13.1 Å². The van der Waals surface area contributed by atoms with Crippen LogP contribution in [0.3, 0.4) is 0 Å². The summed E-state index contributed by atoms with van der Waals surface area (Å²) >= 11 is 0.